The Hall–Kier alpha value is -4.77. The first-order chi connectivity index (χ1) is 16.9. The topological polar surface area (TPSA) is 56.7 Å². The first-order valence-corrected chi connectivity index (χ1v) is 11.2. The van der Waals surface area contributed by atoms with Gasteiger partial charge in [-0.15, -0.1) is 0 Å². The fraction of sp³-hybridized carbons (Fsp3) is 0. The lowest BCUT2D eigenvalue weighted by molar-refractivity contribution is 0.671. The van der Waals surface area contributed by atoms with Crippen molar-refractivity contribution in [2.75, 3.05) is 0 Å². The summed E-state index contributed by atoms with van der Waals surface area (Å²) in [4.78, 5) is 13.2. The van der Waals surface area contributed by atoms with Crippen molar-refractivity contribution in [1.29, 1.82) is 0 Å². The van der Waals surface area contributed by atoms with Crippen molar-refractivity contribution < 1.29 is 4.42 Å². The summed E-state index contributed by atoms with van der Waals surface area (Å²) >= 11 is 0. The van der Waals surface area contributed by atoms with E-state index in [1.807, 2.05) is 12.1 Å². The van der Waals surface area contributed by atoms with Crippen LogP contribution in [0, 0.1) is 0 Å². The van der Waals surface area contributed by atoms with E-state index in [0.717, 1.165) is 49.1 Å². The maximum atomic E-state index is 6.59. The molecule has 0 aliphatic heterocycles. The van der Waals surface area contributed by atoms with Crippen LogP contribution in [-0.2, 0) is 0 Å². The van der Waals surface area contributed by atoms with Gasteiger partial charge in [0.1, 0.15) is 23.8 Å². The molecule has 0 amide bonds. The van der Waals surface area contributed by atoms with Crippen LogP contribution < -0.4 is 0 Å². The molecule has 0 saturated heterocycles. The molecule has 5 nitrogen and oxygen atoms in total. The molecule has 0 unspecified atom stereocenters. The molecule has 0 aliphatic rings. The van der Waals surface area contributed by atoms with Crippen molar-refractivity contribution in [3.63, 3.8) is 0 Å². The van der Waals surface area contributed by atoms with Gasteiger partial charge in [0.05, 0.1) is 5.52 Å². The number of hydrogen-bond donors (Lipinski definition) is 0. The first-order valence-electron chi connectivity index (χ1n) is 11.2. The highest BCUT2D eigenvalue weighted by Crippen LogP contribution is 2.46. The number of furan rings is 1. The second-order valence-corrected chi connectivity index (χ2v) is 8.53. The maximum Gasteiger partial charge on any atom is 0.237 e. The molecule has 34 heavy (non-hydrogen) atoms. The highest BCUT2D eigenvalue weighted by Gasteiger charge is 2.24. The SMILES string of the molecule is c1ccc2c(c1)ccc1c3c4ccccc4c4c5ccccc5oc4c3n(-c3ncncn3)c21. The van der Waals surface area contributed by atoms with Gasteiger partial charge in [-0.3, -0.25) is 4.57 Å². The molecule has 158 valence electrons. The van der Waals surface area contributed by atoms with Gasteiger partial charge in [-0.05, 0) is 22.2 Å². The molecule has 0 radical (unpaired) electrons. The molecule has 3 heterocycles. The summed E-state index contributed by atoms with van der Waals surface area (Å²) in [5, 5.41) is 9.18. The third-order valence-corrected chi connectivity index (χ3v) is 6.81. The van der Waals surface area contributed by atoms with Crippen LogP contribution in [0.25, 0.3) is 71.2 Å². The highest BCUT2D eigenvalue weighted by molar-refractivity contribution is 6.36. The van der Waals surface area contributed by atoms with E-state index in [2.05, 4.69) is 92.3 Å². The van der Waals surface area contributed by atoms with E-state index in [1.165, 1.54) is 16.2 Å². The molecule has 0 aliphatic carbocycles. The zero-order valence-corrected chi connectivity index (χ0v) is 17.9. The summed E-state index contributed by atoms with van der Waals surface area (Å²) in [6, 6.07) is 29.6. The van der Waals surface area contributed by atoms with Gasteiger partial charge < -0.3 is 4.42 Å². The number of benzene rings is 5. The van der Waals surface area contributed by atoms with Crippen molar-refractivity contribution in [2.45, 2.75) is 0 Å². The summed E-state index contributed by atoms with van der Waals surface area (Å²) in [7, 11) is 0. The van der Waals surface area contributed by atoms with Gasteiger partial charge in [-0.25, -0.2) is 15.0 Å². The molecule has 5 aromatic carbocycles. The van der Waals surface area contributed by atoms with Crippen LogP contribution >= 0.6 is 0 Å². The lowest BCUT2D eigenvalue weighted by Gasteiger charge is -2.08. The Balaban J connectivity index is 1.79. The van der Waals surface area contributed by atoms with Gasteiger partial charge >= 0.3 is 0 Å². The highest BCUT2D eigenvalue weighted by atomic mass is 16.3. The summed E-state index contributed by atoms with van der Waals surface area (Å²) in [6.45, 7) is 0. The molecule has 0 bridgehead atoms. The maximum absolute atomic E-state index is 6.59. The molecule has 0 saturated carbocycles. The normalized spacial score (nSPS) is 12.1. The van der Waals surface area contributed by atoms with E-state index in [4.69, 9.17) is 4.42 Å². The zero-order chi connectivity index (χ0) is 22.2. The smallest absolute Gasteiger partial charge is 0.237 e. The second-order valence-electron chi connectivity index (χ2n) is 8.53. The molecule has 8 aromatic rings. The third kappa shape index (κ3) is 2.16. The number of hydrogen-bond acceptors (Lipinski definition) is 4. The number of aromatic nitrogens is 4. The average molecular weight is 436 g/mol. The van der Waals surface area contributed by atoms with Crippen LogP contribution in [0.15, 0.2) is 102 Å². The van der Waals surface area contributed by atoms with Gasteiger partial charge in [0.25, 0.3) is 0 Å². The molecule has 0 atom stereocenters. The lowest BCUT2D eigenvalue weighted by Crippen LogP contribution is -2.01. The van der Waals surface area contributed by atoms with Gasteiger partial charge in [-0.1, -0.05) is 78.9 Å². The number of para-hydroxylation sites is 1. The molecular formula is C29H16N4O. The number of rotatable bonds is 1. The monoisotopic (exact) mass is 436 g/mol. The Morgan fingerprint density at radius 2 is 1.24 bits per heavy atom. The molecule has 0 fully saturated rings. The van der Waals surface area contributed by atoms with E-state index in [9.17, 15) is 0 Å². The second kappa shape index (κ2) is 6.39. The van der Waals surface area contributed by atoms with E-state index in [1.54, 1.807) is 12.7 Å². The minimum atomic E-state index is 0.573. The van der Waals surface area contributed by atoms with Gasteiger partial charge in [0.15, 0.2) is 5.58 Å². The Labute approximate surface area is 192 Å². The molecule has 0 N–H and O–H groups in total. The summed E-state index contributed by atoms with van der Waals surface area (Å²) in [6.07, 6.45) is 3.09. The average Bonchev–Trinajstić information content (AvgIpc) is 3.46. The number of nitrogens with zero attached hydrogens (tertiary/aromatic N) is 4. The van der Waals surface area contributed by atoms with Gasteiger partial charge in [0, 0.05) is 26.9 Å². The molecule has 8 rings (SSSR count). The van der Waals surface area contributed by atoms with Crippen LogP contribution in [0.2, 0.25) is 0 Å². The zero-order valence-electron chi connectivity index (χ0n) is 17.9. The van der Waals surface area contributed by atoms with Crippen molar-refractivity contribution >= 4 is 65.3 Å². The van der Waals surface area contributed by atoms with Crippen LogP contribution in [0.1, 0.15) is 0 Å². The Morgan fingerprint density at radius 1 is 0.559 bits per heavy atom. The van der Waals surface area contributed by atoms with Crippen LogP contribution in [0.3, 0.4) is 0 Å². The van der Waals surface area contributed by atoms with Crippen molar-refractivity contribution in [1.82, 2.24) is 19.5 Å². The lowest BCUT2D eigenvalue weighted by atomic mass is 9.98. The summed E-state index contributed by atoms with van der Waals surface area (Å²) in [5.74, 6) is 0.573. The Bertz CT molecular complexity index is 2070. The largest absolute Gasteiger partial charge is 0.454 e. The summed E-state index contributed by atoms with van der Waals surface area (Å²) < 4.78 is 8.73. The van der Waals surface area contributed by atoms with Crippen molar-refractivity contribution in [3.8, 4) is 5.95 Å². The minimum absolute atomic E-state index is 0.573. The predicted molar refractivity (Wildman–Crippen MR) is 136 cm³/mol. The van der Waals surface area contributed by atoms with Crippen LogP contribution in [-0.4, -0.2) is 19.5 Å². The van der Waals surface area contributed by atoms with Crippen LogP contribution in [0.4, 0.5) is 0 Å². The Morgan fingerprint density at radius 3 is 2.06 bits per heavy atom. The van der Waals surface area contributed by atoms with Gasteiger partial charge in [-0.2, -0.15) is 0 Å². The standard InChI is InChI=1S/C29H16N4O/c1-2-8-18-17(7-1)13-14-22-24-19-9-3-4-10-20(19)25-21-11-5-6-12-23(21)34-28(25)27(24)33(26(18)22)29-31-15-30-16-32-29/h1-16H. The Kier molecular flexibility index (Phi) is 3.34. The first kappa shape index (κ1) is 17.7. The fourth-order valence-corrected chi connectivity index (χ4v) is 5.48. The van der Waals surface area contributed by atoms with Crippen LogP contribution in [0.5, 0.6) is 0 Å². The fourth-order valence-electron chi connectivity index (χ4n) is 5.48. The third-order valence-electron chi connectivity index (χ3n) is 6.81. The molecular weight excluding hydrogens is 420 g/mol. The van der Waals surface area contributed by atoms with Crippen molar-refractivity contribution in [3.05, 3.63) is 97.6 Å². The molecule has 5 heteroatoms. The van der Waals surface area contributed by atoms with E-state index < -0.39 is 0 Å². The van der Waals surface area contributed by atoms with E-state index >= 15 is 0 Å². The minimum Gasteiger partial charge on any atom is -0.454 e. The number of fused-ring (bicyclic) bond motifs is 12. The van der Waals surface area contributed by atoms with Gasteiger partial charge in [0.2, 0.25) is 5.95 Å². The molecule has 3 aromatic heterocycles. The summed E-state index contributed by atoms with van der Waals surface area (Å²) in [5.41, 5.74) is 3.75. The van der Waals surface area contributed by atoms with E-state index in [-0.39, 0.29) is 0 Å². The quantitative estimate of drug-likeness (QED) is 0.274. The van der Waals surface area contributed by atoms with E-state index in [0.29, 0.717) is 5.95 Å². The van der Waals surface area contributed by atoms with Crippen molar-refractivity contribution in [2.24, 2.45) is 0 Å². The predicted octanol–water partition coefficient (Wildman–Crippen LogP) is 7.17. The molecule has 0 spiro atoms.